The van der Waals surface area contributed by atoms with Crippen LogP contribution in [0.2, 0.25) is 0 Å². The average Bonchev–Trinajstić information content (AvgIpc) is 3.08. The lowest BCUT2D eigenvalue weighted by Gasteiger charge is -2.29. The molecule has 1 aliphatic heterocycles. The minimum absolute atomic E-state index is 0.0900. The summed E-state index contributed by atoms with van der Waals surface area (Å²) in [6.07, 6.45) is 1.26. The molecular weight excluding hydrogens is 384 g/mol. The van der Waals surface area contributed by atoms with Crippen molar-refractivity contribution >= 4 is 17.8 Å². The topological polar surface area (TPSA) is 96.5 Å². The fourth-order valence-electron chi connectivity index (χ4n) is 3.28. The summed E-state index contributed by atoms with van der Waals surface area (Å²) in [5.74, 6) is 1.28. The number of hydrogen-bond acceptors (Lipinski definition) is 5. The summed E-state index contributed by atoms with van der Waals surface area (Å²) in [6.45, 7) is 9.02. The van der Waals surface area contributed by atoms with E-state index in [1.54, 1.807) is 4.90 Å². The maximum Gasteiger partial charge on any atom is 0.410 e. The molecule has 0 saturated heterocycles. The highest BCUT2D eigenvalue weighted by atomic mass is 16.6. The van der Waals surface area contributed by atoms with E-state index in [1.807, 2.05) is 52.0 Å². The number of ether oxygens (including phenoxy) is 2. The normalized spacial score (nSPS) is 13.5. The second-order valence-electron chi connectivity index (χ2n) is 8.31. The van der Waals surface area contributed by atoms with Crippen LogP contribution in [0.25, 0.3) is 0 Å². The van der Waals surface area contributed by atoms with Crippen molar-refractivity contribution < 1.29 is 19.1 Å². The van der Waals surface area contributed by atoms with Crippen molar-refractivity contribution in [2.24, 2.45) is 0 Å². The van der Waals surface area contributed by atoms with Gasteiger partial charge in [-0.1, -0.05) is 12.1 Å². The van der Waals surface area contributed by atoms with Crippen molar-refractivity contribution in [1.82, 2.24) is 15.1 Å². The van der Waals surface area contributed by atoms with Gasteiger partial charge in [0.05, 0.1) is 18.8 Å². The molecule has 0 aliphatic carbocycles. The van der Waals surface area contributed by atoms with Crippen molar-refractivity contribution in [2.45, 2.75) is 59.1 Å². The Morgan fingerprint density at radius 3 is 2.63 bits per heavy atom. The molecule has 1 aromatic heterocycles. The van der Waals surface area contributed by atoms with Crippen LogP contribution in [-0.2, 0) is 28.9 Å². The zero-order valence-corrected chi connectivity index (χ0v) is 18.1. The molecule has 0 radical (unpaired) electrons. The first-order chi connectivity index (χ1) is 14.2. The van der Waals surface area contributed by atoms with Gasteiger partial charge in [0.1, 0.15) is 11.4 Å². The van der Waals surface area contributed by atoms with Crippen molar-refractivity contribution in [3.05, 3.63) is 41.1 Å². The van der Waals surface area contributed by atoms with Crippen LogP contribution < -0.4 is 10.1 Å². The van der Waals surface area contributed by atoms with Crippen molar-refractivity contribution in [3.63, 3.8) is 0 Å². The summed E-state index contributed by atoms with van der Waals surface area (Å²) in [7, 11) is 0. The number of amides is 2. The maximum absolute atomic E-state index is 12.4. The highest BCUT2D eigenvalue weighted by molar-refractivity contribution is 5.90. The van der Waals surface area contributed by atoms with Gasteiger partial charge in [0, 0.05) is 18.5 Å². The van der Waals surface area contributed by atoms with Gasteiger partial charge in [-0.15, -0.1) is 0 Å². The number of benzene rings is 1. The third kappa shape index (κ3) is 5.75. The Labute approximate surface area is 176 Å². The number of rotatable bonds is 6. The van der Waals surface area contributed by atoms with E-state index in [2.05, 4.69) is 15.5 Å². The second kappa shape index (κ2) is 9.19. The minimum Gasteiger partial charge on any atom is -0.494 e. The van der Waals surface area contributed by atoms with E-state index in [0.29, 0.717) is 44.8 Å². The number of hydrogen-bond donors (Lipinski definition) is 2. The summed E-state index contributed by atoms with van der Waals surface area (Å²) in [5, 5.41) is 10.1. The number of aryl methyl sites for hydroxylation is 1. The van der Waals surface area contributed by atoms with Crippen molar-refractivity contribution in [2.75, 3.05) is 18.5 Å². The lowest BCUT2D eigenvalue weighted by molar-refractivity contribution is -0.116. The Morgan fingerprint density at radius 1 is 1.23 bits per heavy atom. The average molecular weight is 415 g/mol. The summed E-state index contributed by atoms with van der Waals surface area (Å²) >= 11 is 0. The Morgan fingerprint density at radius 2 is 1.97 bits per heavy atom. The van der Waals surface area contributed by atoms with Gasteiger partial charge in [-0.2, -0.15) is 5.10 Å². The van der Waals surface area contributed by atoms with Gasteiger partial charge >= 0.3 is 6.09 Å². The molecule has 0 bridgehead atoms. The van der Waals surface area contributed by atoms with E-state index in [1.165, 1.54) is 0 Å². The van der Waals surface area contributed by atoms with Gasteiger partial charge in [0.2, 0.25) is 5.91 Å². The Balaban J connectivity index is 1.52. The Kier molecular flexibility index (Phi) is 6.64. The van der Waals surface area contributed by atoms with Gasteiger partial charge in [-0.05, 0) is 58.2 Å². The molecule has 8 heteroatoms. The van der Waals surface area contributed by atoms with Crippen LogP contribution >= 0.6 is 0 Å². The molecule has 30 heavy (non-hydrogen) atoms. The summed E-state index contributed by atoms with van der Waals surface area (Å²) < 4.78 is 10.9. The first-order valence-corrected chi connectivity index (χ1v) is 10.3. The molecule has 8 nitrogen and oxygen atoms in total. The number of nitrogens with one attached hydrogen (secondary N) is 2. The lowest BCUT2D eigenvalue weighted by Crippen LogP contribution is -2.39. The van der Waals surface area contributed by atoms with Gasteiger partial charge in [-0.3, -0.25) is 9.89 Å². The molecule has 0 saturated carbocycles. The second-order valence-corrected chi connectivity index (χ2v) is 8.31. The van der Waals surface area contributed by atoms with Crippen LogP contribution in [0.5, 0.6) is 5.75 Å². The monoisotopic (exact) mass is 414 g/mol. The van der Waals surface area contributed by atoms with Gasteiger partial charge in [0.25, 0.3) is 0 Å². The number of H-pyrrole nitrogens is 1. The van der Waals surface area contributed by atoms with Crippen LogP contribution in [0.15, 0.2) is 24.3 Å². The van der Waals surface area contributed by atoms with Crippen LogP contribution in [-0.4, -0.2) is 45.9 Å². The number of carbonyl (C=O) groups is 2. The molecule has 2 heterocycles. The third-order valence-corrected chi connectivity index (χ3v) is 4.72. The third-order valence-electron chi connectivity index (χ3n) is 4.72. The SMILES string of the molecule is CCOc1ccc(CCC(=O)Nc2n[nH]c3c2CCN(C(=O)OC(C)(C)C)C3)cc1. The number of aromatic nitrogens is 2. The van der Waals surface area contributed by atoms with Gasteiger partial charge < -0.3 is 19.7 Å². The minimum atomic E-state index is -0.534. The quantitative estimate of drug-likeness (QED) is 0.752. The standard InChI is InChI=1S/C22H30N4O4/c1-5-29-16-9-6-15(7-10-16)8-11-19(27)23-20-17-12-13-26(14-18(17)24-25-20)21(28)30-22(2,3)4/h6-7,9-10H,5,8,11-14H2,1-4H3,(H2,23,24,25,27). The van der Waals surface area contributed by atoms with Gasteiger partial charge in [-0.25, -0.2) is 4.79 Å². The van der Waals surface area contributed by atoms with E-state index >= 15 is 0 Å². The number of carbonyl (C=O) groups excluding carboxylic acids is 2. The Bertz CT molecular complexity index is 884. The number of fused-ring (bicyclic) bond motifs is 1. The van der Waals surface area contributed by atoms with Crippen LogP contribution in [0, 0.1) is 0 Å². The van der Waals surface area contributed by atoms with Crippen molar-refractivity contribution in [1.29, 1.82) is 0 Å². The first-order valence-electron chi connectivity index (χ1n) is 10.3. The summed E-state index contributed by atoms with van der Waals surface area (Å²) in [6, 6.07) is 7.77. The molecule has 2 N–H and O–H groups in total. The van der Waals surface area contributed by atoms with Crippen molar-refractivity contribution in [3.8, 4) is 5.75 Å². The van der Waals surface area contributed by atoms with E-state index in [0.717, 1.165) is 22.6 Å². The maximum atomic E-state index is 12.4. The zero-order chi connectivity index (χ0) is 21.7. The highest BCUT2D eigenvalue weighted by Crippen LogP contribution is 2.25. The molecule has 1 aromatic carbocycles. The highest BCUT2D eigenvalue weighted by Gasteiger charge is 2.28. The molecule has 162 valence electrons. The van der Waals surface area contributed by atoms with E-state index < -0.39 is 5.60 Å². The summed E-state index contributed by atoms with van der Waals surface area (Å²) in [5.41, 5.74) is 2.32. The predicted octanol–water partition coefficient (Wildman–Crippen LogP) is 3.67. The fraction of sp³-hybridized carbons (Fsp3) is 0.500. The van der Waals surface area contributed by atoms with E-state index in [4.69, 9.17) is 9.47 Å². The largest absolute Gasteiger partial charge is 0.494 e. The van der Waals surface area contributed by atoms with Crippen LogP contribution in [0.1, 0.15) is 50.9 Å². The fourth-order valence-corrected chi connectivity index (χ4v) is 3.28. The lowest BCUT2D eigenvalue weighted by atomic mass is 10.1. The van der Waals surface area contributed by atoms with Crippen LogP contribution in [0.4, 0.5) is 10.6 Å². The van der Waals surface area contributed by atoms with Crippen LogP contribution in [0.3, 0.4) is 0 Å². The smallest absolute Gasteiger partial charge is 0.410 e. The number of aromatic amines is 1. The summed E-state index contributed by atoms with van der Waals surface area (Å²) in [4.78, 5) is 26.3. The molecule has 0 fully saturated rings. The molecule has 1 aliphatic rings. The molecule has 2 aromatic rings. The van der Waals surface area contributed by atoms with Gasteiger partial charge in [0.15, 0.2) is 5.82 Å². The molecule has 0 unspecified atom stereocenters. The molecule has 0 spiro atoms. The predicted molar refractivity (Wildman–Crippen MR) is 113 cm³/mol. The molecule has 0 atom stereocenters. The van der Waals surface area contributed by atoms with E-state index in [9.17, 15) is 9.59 Å². The zero-order valence-electron chi connectivity index (χ0n) is 18.1. The van der Waals surface area contributed by atoms with E-state index in [-0.39, 0.29) is 12.0 Å². The number of anilines is 1. The molecule has 3 rings (SSSR count). The molecular formula is C22H30N4O4. The Hall–Kier alpha value is -3.03. The number of nitrogens with zero attached hydrogens (tertiary/aromatic N) is 2. The molecule has 2 amide bonds. The first kappa shape index (κ1) is 21.7.